The van der Waals surface area contributed by atoms with Crippen molar-refractivity contribution in [3.05, 3.63) is 59.7 Å². The zero-order chi connectivity index (χ0) is 25.4. The van der Waals surface area contributed by atoms with Crippen LogP contribution in [0.25, 0.3) is 0 Å². The topological polar surface area (TPSA) is 70.2 Å². The predicted octanol–water partition coefficient (Wildman–Crippen LogP) is 2.32. The highest BCUT2D eigenvalue weighted by molar-refractivity contribution is 7.73. The Bertz CT molecular complexity index is 935. The highest BCUT2D eigenvalue weighted by atomic mass is 31.1. The minimum atomic E-state index is -0.802. The fourth-order valence-electron chi connectivity index (χ4n) is 3.81. The second kappa shape index (κ2) is 12.9. The van der Waals surface area contributed by atoms with Crippen LogP contribution in [0.4, 0.5) is 0 Å². The van der Waals surface area contributed by atoms with Crippen molar-refractivity contribution >= 4 is 36.3 Å². The Hall–Kier alpha value is -2.60. The van der Waals surface area contributed by atoms with E-state index in [0.717, 1.165) is 25.9 Å². The molecule has 0 saturated carbocycles. The van der Waals surface area contributed by atoms with E-state index in [1.807, 2.05) is 0 Å². The third-order valence-corrected chi connectivity index (χ3v) is 8.44. The number of benzene rings is 2. The summed E-state index contributed by atoms with van der Waals surface area (Å²) in [7, 11) is 7.47. The first-order valence-corrected chi connectivity index (χ1v) is 13.6. The van der Waals surface area contributed by atoms with Crippen LogP contribution in [-0.2, 0) is 32.1 Å². The third-order valence-electron chi connectivity index (χ3n) is 5.93. The van der Waals surface area contributed by atoms with E-state index in [1.54, 1.807) is 0 Å². The molecule has 0 aliphatic carbocycles. The summed E-state index contributed by atoms with van der Waals surface area (Å²) in [6, 6.07) is 17.3. The van der Waals surface area contributed by atoms with Gasteiger partial charge in [0.1, 0.15) is 0 Å². The molecule has 1 aliphatic rings. The lowest BCUT2D eigenvalue weighted by Crippen LogP contribution is -2.32. The first-order valence-electron chi connectivity index (χ1n) is 12.0. The number of rotatable bonds is 12. The molecule has 7 nitrogen and oxygen atoms in total. The van der Waals surface area contributed by atoms with Crippen molar-refractivity contribution in [2.24, 2.45) is 0 Å². The van der Waals surface area contributed by atoms with E-state index in [9.17, 15) is 14.4 Å². The van der Waals surface area contributed by atoms with Gasteiger partial charge in [0.15, 0.2) is 0 Å². The average molecular weight is 498 g/mol. The number of likely N-dealkylation sites (N-methyl/N-ethyl adjacent to an activating group) is 2. The monoisotopic (exact) mass is 497 g/mol. The Morgan fingerprint density at radius 2 is 1.23 bits per heavy atom. The van der Waals surface area contributed by atoms with E-state index in [0.29, 0.717) is 11.2 Å². The van der Waals surface area contributed by atoms with Crippen LogP contribution in [0.2, 0.25) is 0 Å². The van der Waals surface area contributed by atoms with Gasteiger partial charge in [0.2, 0.25) is 0 Å². The van der Waals surface area contributed by atoms with Crippen LogP contribution in [0.1, 0.15) is 30.4 Å². The van der Waals surface area contributed by atoms with Gasteiger partial charge in [-0.25, -0.2) is 4.79 Å². The van der Waals surface area contributed by atoms with Crippen LogP contribution in [0.5, 0.6) is 0 Å². The fraction of sp³-hybridized carbons (Fsp3) is 0.444. The molecule has 0 atom stereocenters. The van der Waals surface area contributed by atoms with E-state index in [2.05, 4.69) is 86.5 Å². The first kappa shape index (κ1) is 27.0. The number of carbonyl (C=O) groups is 3. The highest BCUT2D eigenvalue weighted by Gasteiger charge is 2.33. The normalized spacial score (nSPS) is 14.0. The lowest BCUT2D eigenvalue weighted by Gasteiger charge is -2.20. The fourth-order valence-corrected chi connectivity index (χ4v) is 6.04. The molecule has 1 heterocycles. The van der Waals surface area contributed by atoms with E-state index >= 15 is 0 Å². The quantitative estimate of drug-likeness (QED) is 0.331. The third kappa shape index (κ3) is 8.24. The lowest BCUT2D eigenvalue weighted by atomic mass is 10.1. The summed E-state index contributed by atoms with van der Waals surface area (Å²) in [5.41, 5.74) is 2.56. The Morgan fingerprint density at radius 1 is 0.800 bits per heavy atom. The molecule has 1 fully saturated rings. The molecule has 2 aromatic rings. The maximum Gasteiger partial charge on any atom is 0.333 e. The summed E-state index contributed by atoms with van der Waals surface area (Å²) >= 11 is 0. The van der Waals surface area contributed by atoms with Gasteiger partial charge in [-0.3, -0.25) is 9.59 Å². The van der Waals surface area contributed by atoms with Crippen molar-refractivity contribution < 1.29 is 19.2 Å². The van der Waals surface area contributed by atoms with Gasteiger partial charge >= 0.3 is 5.97 Å². The SMILES string of the molecule is CN(C)CCc1ccc(P(CCC(=O)ON2C(=O)CCC2=O)c2ccc(CCN(C)C)cc2)cc1. The molecule has 3 rings (SSSR count). The molecule has 0 bridgehead atoms. The molecule has 0 aromatic heterocycles. The van der Waals surface area contributed by atoms with E-state index in [1.165, 1.54) is 21.7 Å². The summed E-state index contributed by atoms with van der Waals surface area (Å²) in [6.45, 7) is 1.98. The number of hydrogen-bond donors (Lipinski definition) is 0. The number of carbonyl (C=O) groups excluding carboxylic acids is 3. The van der Waals surface area contributed by atoms with Crippen molar-refractivity contribution in [3.8, 4) is 0 Å². The van der Waals surface area contributed by atoms with Gasteiger partial charge in [-0.05, 0) is 76.9 Å². The van der Waals surface area contributed by atoms with Gasteiger partial charge < -0.3 is 14.6 Å². The lowest BCUT2D eigenvalue weighted by molar-refractivity contribution is -0.197. The molecular formula is C27H36N3O4P. The van der Waals surface area contributed by atoms with Crippen LogP contribution in [-0.4, -0.2) is 80.1 Å². The standard InChI is InChI=1S/C27H36N3O4P/c1-28(2)18-15-21-5-9-23(10-6-21)35(24-11-7-22(8-12-24)16-19-29(3)4)20-17-27(33)34-30-25(31)13-14-26(30)32/h5-12H,13-20H2,1-4H3. The van der Waals surface area contributed by atoms with Crippen molar-refractivity contribution in [1.29, 1.82) is 0 Å². The molecular weight excluding hydrogens is 461 g/mol. The summed E-state index contributed by atoms with van der Waals surface area (Å²) in [5, 5.41) is 3.01. The molecule has 0 N–H and O–H groups in total. The van der Waals surface area contributed by atoms with E-state index < -0.39 is 25.7 Å². The minimum Gasteiger partial charge on any atom is -0.330 e. The molecule has 0 unspecified atom stereocenters. The highest BCUT2D eigenvalue weighted by Crippen LogP contribution is 2.35. The van der Waals surface area contributed by atoms with E-state index in [4.69, 9.17) is 4.84 Å². The van der Waals surface area contributed by atoms with Crippen LogP contribution in [0.15, 0.2) is 48.5 Å². The van der Waals surface area contributed by atoms with Crippen molar-refractivity contribution in [2.45, 2.75) is 32.1 Å². The summed E-state index contributed by atoms with van der Waals surface area (Å²) < 4.78 is 0. The molecule has 0 radical (unpaired) electrons. The predicted molar refractivity (Wildman–Crippen MR) is 140 cm³/mol. The van der Waals surface area contributed by atoms with Crippen LogP contribution >= 0.6 is 7.92 Å². The summed E-state index contributed by atoms with van der Waals surface area (Å²) in [5.74, 6) is -1.45. The van der Waals surface area contributed by atoms with Crippen LogP contribution in [0, 0.1) is 0 Å². The van der Waals surface area contributed by atoms with E-state index in [-0.39, 0.29) is 19.3 Å². The maximum atomic E-state index is 12.5. The van der Waals surface area contributed by atoms with Crippen molar-refractivity contribution in [2.75, 3.05) is 47.4 Å². The number of hydrogen-bond acceptors (Lipinski definition) is 6. The number of imide groups is 1. The smallest absolute Gasteiger partial charge is 0.330 e. The van der Waals surface area contributed by atoms with Crippen LogP contribution in [0.3, 0.4) is 0 Å². The van der Waals surface area contributed by atoms with Crippen molar-refractivity contribution in [1.82, 2.24) is 14.9 Å². The molecule has 8 heteroatoms. The maximum absolute atomic E-state index is 12.5. The molecule has 35 heavy (non-hydrogen) atoms. The number of amides is 2. The van der Waals surface area contributed by atoms with Crippen molar-refractivity contribution in [3.63, 3.8) is 0 Å². The van der Waals surface area contributed by atoms with Gasteiger partial charge in [-0.1, -0.05) is 48.5 Å². The summed E-state index contributed by atoms with van der Waals surface area (Å²) in [4.78, 5) is 45.5. The number of nitrogens with zero attached hydrogens (tertiary/aromatic N) is 3. The Kier molecular flexibility index (Phi) is 9.96. The van der Waals surface area contributed by atoms with Gasteiger partial charge in [-0.2, -0.15) is 0 Å². The summed E-state index contributed by atoms with van der Waals surface area (Å²) in [6.07, 6.45) is 2.87. The molecule has 1 aliphatic heterocycles. The van der Waals surface area contributed by atoms with Crippen LogP contribution < -0.4 is 10.6 Å². The zero-order valence-electron chi connectivity index (χ0n) is 21.2. The molecule has 1 saturated heterocycles. The Labute approximate surface area is 209 Å². The first-order chi connectivity index (χ1) is 16.7. The molecule has 2 aromatic carbocycles. The minimum absolute atomic E-state index is 0.0964. The second-order valence-corrected chi connectivity index (χ2v) is 11.7. The largest absolute Gasteiger partial charge is 0.333 e. The second-order valence-electron chi connectivity index (χ2n) is 9.39. The zero-order valence-corrected chi connectivity index (χ0v) is 22.1. The molecule has 2 amide bonds. The van der Waals surface area contributed by atoms with Gasteiger partial charge in [0.25, 0.3) is 11.8 Å². The molecule has 0 spiro atoms. The molecule has 188 valence electrons. The van der Waals surface area contributed by atoms with Gasteiger partial charge in [-0.15, -0.1) is 5.06 Å². The average Bonchev–Trinajstić information content (AvgIpc) is 3.15. The Balaban J connectivity index is 1.73. The van der Waals surface area contributed by atoms with Gasteiger partial charge in [0, 0.05) is 25.9 Å². The van der Waals surface area contributed by atoms with Gasteiger partial charge in [0.05, 0.1) is 6.42 Å². The Morgan fingerprint density at radius 3 is 1.63 bits per heavy atom. The number of hydroxylamine groups is 2.